The SMILES string of the molecule is C#CCOC(=O)Oc1ccccc1OC(=O)OCC#C. The van der Waals surface area contributed by atoms with E-state index in [0.717, 1.165) is 0 Å². The Morgan fingerprint density at radius 3 is 1.65 bits per heavy atom. The van der Waals surface area contributed by atoms with Gasteiger partial charge in [-0.3, -0.25) is 0 Å². The third kappa shape index (κ3) is 5.03. The van der Waals surface area contributed by atoms with Gasteiger partial charge in [-0.05, 0) is 12.1 Å². The van der Waals surface area contributed by atoms with Crippen LogP contribution in [0.2, 0.25) is 0 Å². The Kier molecular flexibility index (Phi) is 6.02. The largest absolute Gasteiger partial charge is 0.514 e. The van der Waals surface area contributed by atoms with Crippen molar-refractivity contribution in [3.63, 3.8) is 0 Å². The molecule has 0 fully saturated rings. The quantitative estimate of drug-likeness (QED) is 0.475. The first-order valence-corrected chi connectivity index (χ1v) is 5.32. The van der Waals surface area contributed by atoms with E-state index in [1.54, 1.807) is 12.1 Å². The number of para-hydroxylation sites is 2. The zero-order valence-corrected chi connectivity index (χ0v) is 10.3. The maximum atomic E-state index is 11.2. The van der Waals surface area contributed by atoms with E-state index in [9.17, 15) is 9.59 Å². The topological polar surface area (TPSA) is 71.1 Å². The van der Waals surface area contributed by atoms with E-state index < -0.39 is 12.3 Å². The van der Waals surface area contributed by atoms with Gasteiger partial charge in [-0.15, -0.1) is 12.8 Å². The summed E-state index contributed by atoms with van der Waals surface area (Å²) in [5.41, 5.74) is 0. The van der Waals surface area contributed by atoms with Crippen molar-refractivity contribution in [1.29, 1.82) is 0 Å². The lowest BCUT2D eigenvalue weighted by atomic mass is 10.3. The molecule has 0 aliphatic carbocycles. The average molecular weight is 274 g/mol. The van der Waals surface area contributed by atoms with E-state index in [4.69, 9.17) is 22.3 Å². The van der Waals surface area contributed by atoms with Crippen molar-refractivity contribution in [3.8, 4) is 36.2 Å². The van der Waals surface area contributed by atoms with Gasteiger partial charge >= 0.3 is 12.3 Å². The van der Waals surface area contributed by atoms with Crippen LogP contribution in [0, 0.1) is 24.7 Å². The highest BCUT2D eigenvalue weighted by Gasteiger charge is 2.14. The number of hydrogen-bond acceptors (Lipinski definition) is 6. The lowest BCUT2D eigenvalue weighted by Crippen LogP contribution is -2.14. The summed E-state index contributed by atoms with van der Waals surface area (Å²) in [7, 11) is 0. The molecule has 0 aliphatic rings. The van der Waals surface area contributed by atoms with Crippen molar-refractivity contribution < 1.29 is 28.5 Å². The van der Waals surface area contributed by atoms with Crippen LogP contribution in [0.4, 0.5) is 9.59 Å². The van der Waals surface area contributed by atoms with Gasteiger partial charge in [-0.2, -0.15) is 0 Å². The molecular weight excluding hydrogens is 264 g/mol. The molecule has 0 saturated carbocycles. The number of terminal acetylenes is 2. The van der Waals surface area contributed by atoms with Gasteiger partial charge in [0.1, 0.15) is 0 Å². The highest BCUT2D eigenvalue weighted by Crippen LogP contribution is 2.27. The lowest BCUT2D eigenvalue weighted by Gasteiger charge is -2.09. The minimum Gasteiger partial charge on any atom is -0.421 e. The molecule has 0 aromatic heterocycles. The molecule has 0 aliphatic heterocycles. The van der Waals surface area contributed by atoms with Gasteiger partial charge in [-0.1, -0.05) is 24.0 Å². The number of benzene rings is 1. The molecule has 0 unspecified atom stereocenters. The molecule has 102 valence electrons. The Balaban J connectivity index is 2.69. The summed E-state index contributed by atoms with van der Waals surface area (Å²) in [4.78, 5) is 22.5. The second kappa shape index (κ2) is 8.06. The van der Waals surface area contributed by atoms with E-state index in [0.29, 0.717) is 0 Å². The molecule has 1 aromatic carbocycles. The number of carbonyl (C=O) groups is 2. The van der Waals surface area contributed by atoms with Gasteiger partial charge in [-0.25, -0.2) is 9.59 Å². The minimum atomic E-state index is -1.02. The third-order valence-electron chi connectivity index (χ3n) is 1.78. The van der Waals surface area contributed by atoms with Crippen molar-refractivity contribution in [2.75, 3.05) is 13.2 Å². The molecule has 1 rings (SSSR count). The van der Waals surface area contributed by atoms with Gasteiger partial charge in [0.05, 0.1) is 0 Å². The van der Waals surface area contributed by atoms with Gasteiger partial charge < -0.3 is 18.9 Å². The van der Waals surface area contributed by atoms with E-state index in [2.05, 4.69) is 21.3 Å². The Labute approximate surface area is 115 Å². The van der Waals surface area contributed by atoms with Gasteiger partial charge in [0, 0.05) is 0 Å². The van der Waals surface area contributed by atoms with Crippen molar-refractivity contribution in [3.05, 3.63) is 24.3 Å². The second-order valence-corrected chi connectivity index (χ2v) is 3.14. The minimum absolute atomic E-state index is 0.0211. The molecule has 0 atom stereocenters. The van der Waals surface area contributed by atoms with E-state index >= 15 is 0 Å². The predicted octanol–water partition coefficient (Wildman–Crippen LogP) is 1.98. The highest BCUT2D eigenvalue weighted by atomic mass is 16.7. The average Bonchev–Trinajstić information content (AvgIpc) is 2.45. The smallest absolute Gasteiger partial charge is 0.421 e. The Morgan fingerprint density at radius 2 is 1.30 bits per heavy atom. The van der Waals surface area contributed by atoms with Crippen LogP contribution in [0.1, 0.15) is 0 Å². The first kappa shape index (κ1) is 14.9. The number of hydrogen-bond donors (Lipinski definition) is 0. The summed E-state index contributed by atoms with van der Waals surface area (Å²) in [6, 6.07) is 5.95. The Bertz CT molecular complexity index is 513. The summed E-state index contributed by atoms with van der Waals surface area (Å²) < 4.78 is 18.7. The summed E-state index contributed by atoms with van der Waals surface area (Å²) in [6.45, 7) is -0.460. The van der Waals surface area contributed by atoms with Crippen LogP contribution in [-0.2, 0) is 9.47 Å². The third-order valence-corrected chi connectivity index (χ3v) is 1.78. The fraction of sp³-hybridized carbons (Fsp3) is 0.143. The van der Waals surface area contributed by atoms with Crippen molar-refractivity contribution in [2.45, 2.75) is 0 Å². The molecule has 6 nitrogen and oxygen atoms in total. The zero-order chi connectivity index (χ0) is 14.8. The molecule has 0 radical (unpaired) electrons. The second-order valence-electron chi connectivity index (χ2n) is 3.14. The van der Waals surface area contributed by atoms with Crippen molar-refractivity contribution in [2.24, 2.45) is 0 Å². The molecule has 6 heteroatoms. The fourth-order valence-electron chi connectivity index (χ4n) is 1.06. The van der Waals surface area contributed by atoms with Crippen LogP contribution in [0.5, 0.6) is 11.5 Å². The zero-order valence-electron chi connectivity index (χ0n) is 10.3. The maximum absolute atomic E-state index is 11.2. The van der Waals surface area contributed by atoms with Crippen LogP contribution >= 0.6 is 0 Å². The van der Waals surface area contributed by atoms with Gasteiger partial charge in [0.2, 0.25) is 0 Å². The first-order chi connectivity index (χ1) is 9.67. The molecule has 0 saturated heterocycles. The fourth-order valence-corrected chi connectivity index (χ4v) is 1.06. The number of carbonyl (C=O) groups excluding carboxylic acids is 2. The van der Waals surface area contributed by atoms with E-state index in [1.807, 2.05) is 0 Å². The molecule has 0 N–H and O–H groups in total. The van der Waals surface area contributed by atoms with Crippen LogP contribution in [0.3, 0.4) is 0 Å². The first-order valence-electron chi connectivity index (χ1n) is 5.32. The lowest BCUT2D eigenvalue weighted by molar-refractivity contribution is 0.101. The summed E-state index contributed by atoms with van der Waals surface area (Å²) in [6.07, 6.45) is 7.82. The van der Waals surface area contributed by atoms with Crippen LogP contribution in [0.15, 0.2) is 24.3 Å². The molecule has 0 amide bonds. The molecule has 0 spiro atoms. The maximum Gasteiger partial charge on any atom is 0.514 e. The van der Waals surface area contributed by atoms with Gasteiger partial charge in [0.15, 0.2) is 24.7 Å². The molecule has 0 heterocycles. The summed E-state index contributed by atoms with van der Waals surface area (Å²) in [5.74, 6) is 4.17. The van der Waals surface area contributed by atoms with Crippen LogP contribution < -0.4 is 9.47 Å². The standard InChI is InChI=1S/C14H10O6/c1-3-9-17-13(15)19-11-7-5-6-8-12(11)20-14(16)18-10-4-2/h1-2,5-8H,9-10H2. The normalized spacial score (nSPS) is 8.70. The Hall–Kier alpha value is -3.12. The van der Waals surface area contributed by atoms with Crippen LogP contribution in [0.25, 0.3) is 0 Å². The number of ether oxygens (including phenoxy) is 4. The Morgan fingerprint density at radius 1 is 0.900 bits per heavy atom. The van der Waals surface area contributed by atoms with E-state index in [1.165, 1.54) is 12.1 Å². The molecule has 0 bridgehead atoms. The predicted molar refractivity (Wildman–Crippen MR) is 68.1 cm³/mol. The van der Waals surface area contributed by atoms with E-state index in [-0.39, 0.29) is 24.7 Å². The van der Waals surface area contributed by atoms with Crippen molar-refractivity contribution >= 4 is 12.3 Å². The van der Waals surface area contributed by atoms with Crippen LogP contribution in [-0.4, -0.2) is 25.5 Å². The molecule has 20 heavy (non-hydrogen) atoms. The van der Waals surface area contributed by atoms with Gasteiger partial charge in [0.25, 0.3) is 0 Å². The highest BCUT2D eigenvalue weighted by molar-refractivity contribution is 5.69. The summed E-state index contributed by atoms with van der Waals surface area (Å²) in [5, 5.41) is 0. The summed E-state index contributed by atoms with van der Waals surface area (Å²) >= 11 is 0. The van der Waals surface area contributed by atoms with Crippen molar-refractivity contribution in [1.82, 2.24) is 0 Å². The monoisotopic (exact) mass is 274 g/mol. The number of rotatable bonds is 4. The molecule has 1 aromatic rings. The molecular formula is C14H10O6.